The molecule has 4 nitrogen and oxygen atoms in total. The van der Waals surface area contributed by atoms with Crippen molar-refractivity contribution in [2.24, 2.45) is 0 Å². The Hall–Kier alpha value is -1.36. The molecule has 1 aliphatic heterocycles. The molecule has 3 amide bonds. The van der Waals surface area contributed by atoms with Crippen LogP contribution in [0.3, 0.4) is 0 Å². The quantitative estimate of drug-likeness (QED) is 0.778. The third-order valence-electron chi connectivity index (χ3n) is 3.69. The van der Waals surface area contributed by atoms with Gasteiger partial charge in [0.1, 0.15) is 5.54 Å². The van der Waals surface area contributed by atoms with Crippen molar-refractivity contribution in [3.63, 3.8) is 0 Å². The van der Waals surface area contributed by atoms with Crippen LogP contribution in [0, 0.1) is 6.92 Å². The molecule has 1 aromatic heterocycles. The zero-order chi connectivity index (χ0) is 12.0. The van der Waals surface area contributed by atoms with Gasteiger partial charge < -0.3 is 5.32 Å². The Balaban J connectivity index is 2.00. The summed E-state index contributed by atoms with van der Waals surface area (Å²) in [7, 11) is 0. The van der Waals surface area contributed by atoms with E-state index in [0.29, 0.717) is 0 Å². The Kier molecular flexibility index (Phi) is 2.26. The van der Waals surface area contributed by atoms with E-state index in [1.165, 1.54) is 16.2 Å². The molecule has 3 rings (SSSR count). The first-order valence-electron chi connectivity index (χ1n) is 5.83. The standard InChI is InChI=1S/C12H14N2O2S/c1-8-6-17-7-9(8)14-10(15)12(13-11(14)16)4-2-3-5-12/h6-7H,2-5H2,1H3,(H,13,16). The maximum absolute atomic E-state index is 12.4. The van der Waals surface area contributed by atoms with Gasteiger partial charge in [0.25, 0.3) is 5.91 Å². The first kappa shape index (κ1) is 10.8. The fraction of sp³-hybridized carbons (Fsp3) is 0.500. The minimum absolute atomic E-state index is 0.0681. The van der Waals surface area contributed by atoms with Crippen molar-refractivity contribution in [2.45, 2.75) is 38.1 Å². The third-order valence-corrected chi connectivity index (χ3v) is 4.54. The number of amides is 3. The van der Waals surface area contributed by atoms with Gasteiger partial charge in [-0.1, -0.05) is 12.8 Å². The highest BCUT2D eigenvalue weighted by Crippen LogP contribution is 2.38. The number of thiophene rings is 1. The van der Waals surface area contributed by atoms with Crippen LogP contribution < -0.4 is 10.2 Å². The number of aryl methyl sites for hydroxylation is 1. The van der Waals surface area contributed by atoms with E-state index in [2.05, 4.69) is 5.32 Å². The molecule has 1 aromatic rings. The number of carbonyl (C=O) groups is 2. The SMILES string of the molecule is Cc1cscc1N1C(=O)NC2(CCCC2)C1=O. The molecule has 1 spiro atoms. The summed E-state index contributed by atoms with van der Waals surface area (Å²) >= 11 is 1.51. The zero-order valence-electron chi connectivity index (χ0n) is 9.66. The number of hydrogen-bond acceptors (Lipinski definition) is 3. The number of imide groups is 1. The second-order valence-corrected chi connectivity index (χ2v) is 5.54. The Morgan fingerprint density at radius 1 is 1.29 bits per heavy atom. The monoisotopic (exact) mass is 250 g/mol. The predicted molar refractivity (Wildman–Crippen MR) is 66.3 cm³/mol. The molecule has 0 radical (unpaired) electrons. The molecule has 1 N–H and O–H groups in total. The summed E-state index contributed by atoms with van der Waals surface area (Å²) in [5.74, 6) is -0.0681. The van der Waals surface area contributed by atoms with Gasteiger partial charge in [-0.05, 0) is 30.7 Å². The molecule has 2 heterocycles. The van der Waals surface area contributed by atoms with Gasteiger partial charge in [-0.2, -0.15) is 0 Å². The van der Waals surface area contributed by atoms with Gasteiger partial charge in [0.15, 0.2) is 0 Å². The van der Waals surface area contributed by atoms with Crippen molar-refractivity contribution in [2.75, 3.05) is 4.90 Å². The summed E-state index contributed by atoms with van der Waals surface area (Å²) in [6.07, 6.45) is 3.58. The van der Waals surface area contributed by atoms with Crippen molar-refractivity contribution in [1.82, 2.24) is 5.32 Å². The van der Waals surface area contributed by atoms with Crippen LogP contribution in [-0.4, -0.2) is 17.5 Å². The lowest BCUT2D eigenvalue weighted by atomic mass is 9.98. The van der Waals surface area contributed by atoms with Gasteiger partial charge in [0.05, 0.1) is 5.69 Å². The lowest BCUT2D eigenvalue weighted by Crippen LogP contribution is -2.44. The molecule has 0 atom stereocenters. The minimum atomic E-state index is -0.606. The van der Waals surface area contributed by atoms with E-state index >= 15 is 0 Å². The molecular formula is C12H14N2O2S. The second kappa shape index (κ2) is 3.57. The Bertz CT molecular complexity index is 488. The number of nitrogens with one attached hydrogen (secondary N) is 1. The van der Waals surface area contributed by atoms with E-state index in [1.807, 2.05) is 17.7 Å². The van der Waals surface area contributed by atoms with Crippen molar-refractivity contribution in [3.05, 3.63) is 16.3 Å². The summed E-state index contributed by atoms with van der Waals surface area (Å²) in [6.45, 7) is 1.92. The molecule has 90 valence electrons. The van der Waals surface area contributed by atoms with Gasteiger partial charge in [0, 0.05) is 5.38 Å². The van der Waals surface area contributed by atoms with Crippen LogP contribution in [0.1, 0.15) is 31.2 Å². The lowest BCUT2D eigenvalue weighted by molar-refractivity contribution is -0.121. The molecule has 0 unspecified atom stereocenters. The molecule has 1 saturated heterocycles. The number of hydrogen-bond donors (Lipinski definition) is 1. The zero-order valence-corrected chi connectivity index (χ0v) is 10.5. The summed E-state index contributed by atoms with van der Waals surface area (Å²) in [5, 5.41) is 6.70. The molecule has 17 heavy (non-hydrogen) atoms. The number of carbonyl (C=O) groups excluding carboxylic acids is 2. The van der Waals surface area contributed by atoms with E-state index in [9.17, 15) is 9.59 Å². The van der Waals surface area contributed by atoms with E-state index < -0.39 is 5.54 Å². The molecule has 1 aliphatic carbocycles. The fourth-order valence-electron chi connectivity index (χ4n) is 2.74. The largest absolute Gasteiger partial charge is 0.329 e. The van der Waals surface area contributed by atoms with E-state index in [4.69, 9.17) is 0 Å². The summed E-state index contributed by atoms with van der Waals surface area (Å²) in [5.41, 5.74) is 1.11. The summed E-state index contributed by atoms with van der Waals surface area (Å²) in [4.78, 5) is 25.7. The average molecular weight is 250 g/mol. The summed E-state index contributed by atoms with van der Waals surface area (Å²) < 4.78 is 0. The normalized spacial score (nSPS) is 22.5. The highest BCUT2D eigenvalue weighted by Gasteiger charge is 2.53. The Morgan fingerprint density at radius 2 is 2.00 bits per heavy atom. The topological polar surface area (TPSA) is 49.4 Å². The van der Waals surface area contributed by atoms with Crippen LogP contribution in [0.5, 0.6) is 0 Å². The van der Waals surface area contributed by atoms with Gasteiger partial charge in [-0.15, -0.1) is 11.3 Å². The summed E-state index contributed by atoms with van der Waals surface area (Å²) in [6, 6.07) is -0.265. The van der Waals surface area contributed by atoms with E-state index in [0.717, 1.165) is 36.9 Å². The smallest absolute Gasteiger partial charge is 0.323 e. The molecule has 0 aromatic carbocycles. The predicted octanol–water partition coefficient (Wildman–Crippen LogP) is 2.43. The van der Waals surface area contributed by atoms with E-state index in [1.54, 1.807) is 0 Å². The third kappa shape index (κ3) is 1.42. The number of urea groups is 1. The van der Waals surface area contributed by atoms with Crippen molar-refractivity contribution in [3.8, 4) is 0 Å². The van der Waals surface area contributed by atoms with Crippen molar-refractivity contribution < 1.29 is 9.59 Å². The highest BCUT2D eigenvalue weighted by atomic mass is 32.1. The number of rotatable bonds is 1. The van der Waals surface area contributed by atoms with Crippen LogP contribution in [-0.2, 0) is 4.79 Å². The molecule has 0 bridgehead atoms. The molecule has 1 saturated carbocycles. The van der Waals surface area contributed by atoms with Crippen LogP contribution in [0.15, 0.2) is 10.8 Å². The first-order chi connectivity index (χ1) is 8.14. The fourth-order valence-corrected chi connectivity index (χ4v) is 3.55. The molecular weight excluding hydrogens is 236 g/mol. The Morgan fingerprint density at radius 3 is 2.59 bits per heavy atom. The lowest BCUT2D eigenvalue weighted by Gasteiger charge is -2.19. The first-order valence-corrected chi connectivity index (χ1v) is 6.78. The maximum Gasteiger partial charge on any atom is 0.329 e. The van der Waals surface area contributed by atoms with Crippen LogP contribution >= 0.6 is 11.3 Å². The Labute approximate surface area is 104 Å². The molecule has 5 heteroatoms. The molecule has 2 fully saturated rings. The van der Waals surface area contributed by atoms with Gasteiger partial charge >= 0.3 is 6.03 Å². The van der Waals surface area contributed by atoms with Crippen molar-refractivity contribution >= 4 is 29.0 Å². The van der Waals surface area contributed by atoms with Crippen LogP contribution in [0.4, 0.5) is 10.5 Å². The van der Waals surface area contributed by atoms with Gasteiger partial charge in [0.2, 0.25) is 0 Å². The van der Waals surface area contributed by atoms with E-state index in [-0.39, 0.29) is 11.9 Å². The van der Waals surface area contributed by atoms with Crippen LogP contribution in [0.2, 0.25) is 0 Å². The van der Waals surface area contributed by atoms with Crippen LogP contribution in [0.25, 0.3) is 0 Å². The van der Waals surface area contributed by atoms with Gasteiger partial charge in [-0.3, -0.25) is 4.79 Å². The highest BCUT2D eigenvalue weighted by molar-refractivity contribution is 7.08. The minimum Gasteiger partial charge on any atom is -0.323 e. The average Bonchev–Trinajstić information content (AvgIpc) is 2.94. The van der Waals surface area contributed by atoms with Gasteiger partial charge in [-0.25, -0.2) is 9.69 Å². The number of nitrogens with zero attached hydrogens (tertiary/aromatic N) is 1. The number of anilines is 1. The molecule has 2 aliphatic rings. The maximum atomic E-state index is 12.4. The second-order valence-electron chi connectivity index (χ2n) is 4.80. The van der Waals surface area contributed by atoms with Crippen molar-refractivity contribution in [1.29, 1.82) is 0 Å².